The minimum absolute atomic E-state index is 0.0167. The highest BCUT2D eigenvalue weighted by Crippen LogP contribution is 2.24. The van der Waals surface area contributed by atoms with Crippen molar-refractivity contribution < 1.29 is 9.18 Å². The van der Waals surface area contributed by atoms with E-state index in [9.17, 15) is 9.18 Å². The van der Waals surface area contributed by atoms with Gasteiger partial charge in [-0.15, -0.1) is 11.8 Å². The van der Waals surface area contributed by atoms with Crippen molar-refractivity contribution >= 4 is 29.3 Å². The Hall–Kier alpha value is -1.52. The topological polar surface area (TPSA) is 20.3 Å². The lowest BCUT2D eigenvalue weighted by atomic mass is 10.1. The molecule has 2 aromatic rings. The number of thioether (sulfide) groups is 1. The molecule has 0 saturated carbocycles. The number of carbonyl (C=O) groups is 1. The van der Waals surface area contributed by atoms with Crippen LogP contribution in [0.4, 0.5) is 4.39 Å². The standard InChI is InChI=1S/C18H19ClFNOS/c1-13-6-8-14(9-7-13)10-21(2)18(22)12-23-11-15-16(19)4-3-5-17(15)20/h3-9H,10-12H2,1-2H3. The molecule has 2 aromatic carbocycles. The van der Waals surface area contributed by atoms with E-state index in [2.05, 4.69) is 0 Å². The van der Waals surface area contributed by atoms with E-state index in [-0.39, 0.29) is 11.7 Å². The lowest BCUT2D eigenvalue weighted by Crippen LogP contribution is -2.27. The number of carbonyl (C=O) groups excluding carboxylic acids is 1. The quantitative estimate of drug-likeness (QED) is 0.753. The summed E-state index contributed by atoms with van der Waals surface area (Å²) in [6.07, 6.45) is 0. The van der Waals surface area contributed by atoms with Crippen LogP contribution in [0.15, 0.2) is 42.5 Å². The van der Waals surface area contributed by atoms with Gasteiger partial charge in [0.2, 0.25) is 5.91 Å². The lowest BCUT2D eigenvalue weighted by molar-refractivity contribution is -0.127. The van der Waals surface area contributed by atoms with E-state index in [1.165, 1.54) is 23.4 Å². The summed E-state index contributed by atoms with van der Waals surface area (Å²) < 4.78 is 13.7. The second kappa shape index (κ2) is 8.37. The van der Waals surface area contributed by atoms with E-state index >= 15 is 0 Å². The van der Waals surface area contributed by atoms with Gasteiger partial charge in [0.05, 0.1) is 5.75 Å². The molecule has 0 spiro atoms. The van der Waals surface area contributed by atoms with Crippen LogP contribution in [-0.2, 0) is 17.1 Å². The Morgan fingerprint density at radius 1 is 1.22 bits per heavy atom. The molecule has 0 unspecified atom stereocenters. The maximum Gasteiger partial charge on any atom is 0.232 e. The molecule has 0 aliphatic carbocycles. The Balaban J connectivity index is 1.83. The van der Waals surface area contributed by atoms with Gasteiger partial charge in [0.1, 0.15) is 5.82 Å². The van der Waals surface area contributed by atoms with E-state index < -0.39 is 0 Å². The van der Waals surface area contributed by atoms with Crippen LogP contribution < -0.4 is 0 Å². The highest BCUT2D eigenvalue weighted by Gasteiger charge is 2.12. The molecule has 0 aliphatic rings. The average Bonchev–Trinajstić information content (AvgIpc) is 2.52. The van der Waals surface area contributed by atoms with Crippen LogP contribution in [-0.4, -0.2) is 23.6 Å². The third-order valence-corrected chi connectivity index (χ3v) is 4.80. The number of hydrogen-bond donors (Lipinski definition) is 0. The van der Waals surface area contributed by atoms with Crippen molar-refractivity contribution in [2.45, 2.75) is 19.2 Å². The Morgan fingerprint density at radius 2 is 1.91 bits per heavy atom. The van der Waals surface area contributed by atoms with Gasteiger partial charge >= 0.3 is 0 Å². The van der Waals surface area contributed by atoms with Crippen LogP contribution in [0.3, 0.4) is 0 Å². The number of rotatable bonds is 6. The summed E-state index contributed by atoms with van der Waals surface area (Å²) in [7, 11) is 1.78. The monoisotopic (exact) mass is 351 g/mol. The van der Waals surface area contributed by atoms with Gasteiger partial charge in [0.25, 0.3) is 0 Å². The van der Waals surface area contributed by atoms with Gasteiger partial charge in [0.15, 0.2) is 0 Å². The molecular formula is C18H19ClFNOS. The Morgan fingerprint density at radius 3 is 2.57 bits per heavy atom. The molecule has 0 aromatic heterocycles. The Bertz CT molecular complexity index is 655. The van der Waals surface area contributed by atoms with Crippen molar-refractivity contribution in [3.05, 3.63) is 70.0 Å². The second-order valence-electron chi connectivity index (χ2n) is 5.43. The normalized spacial score (nSPS) is 10.6. The van der Waals surface area contributed by atoms with E-state index in [4.69, 9.17) is 11.6 Å². The smallest absolute Gasteiger partial charge is 0.232 e. The molecule has 0 saturated heterocycles. The van der Waals surface area contributed by atoms with Gasteiger partial charge < -0.3 is 4.90 Å². The predicted octanol–water partition coefficient (Wildman–Crippen LogP) is 4.68. The molecule has 2 nitrogen and oxygen atoms in total. The molecule has 122 valence electrons. The van der Waals surface area contributed by atoms with Gasteiger partial charge in [0, 0.05) is 29.9 Å². The molecule has 2 rings (SSSR count). The zero-order chi connectivity index (χ0) is 16.8. The molecule has 23 heavy (non-hydrogen) atoms. The van der Waals surface area contributed by atoms with Crippen LogP contribution >= 0.6 is 23.4 Å². The third-order valence-electron chi connectivity index (χ3n) is 3.50. The number of hydrogen-bond acceptors (Lipinski definition) is 2. The van der Waals surface area contributed by atoms with Gasteiger partial charge in [-0.3, -0.25) is 4.79 Å². The zero-order valence-corrected chi connectivity index (χ0v) is 14.8. The lowest BCUT2D eigenvalue weighted by Gasteiger charge is -2.17. The summed E-state index contributed by atoms with van der Waals surface area (Å²) in [5.74, 6) is 0.372. The molecule has 0 aliphatic heterocycles. The second-order valence-corrected chi connectivity index (χ2v) is 6.82. The number of amides is 1. The minimum Gasteiger partial charge on any atom is -0.341 e. The first kappa shape index (κ1) is 17.8. The molecule has 0 fully saturated rings. The highest BCUT2D eigenvalue weighted by atomic mass is 35.5. The van der Waals surface area contributed by atoms with E-state index in [0.717, 1.165) is 5.56 Å². The first-order valence-corrected chi connectivity index (χ1v) is 8.81. The maximum atomic E-state index is 13.7. The van der Waals surface area contributed by atoms with Crippen molar-refractivity contribution in [2.24, 2.45) is 0 Å². The van der Waals surface area contributed by atoms with Crippen LogP contribution in [0.1, 0.15) is 16.7 Å². The summed E-state index contributed by atoms with van der Waals surface area (Å²) >= 11 is 7.35. The van der Waals surface area contributed by atoms with E-state index in [0.29, 0.717) is 28.6 Å². The van der Waals surface area contributed by atoms with Crippen molar-refractivity contribution in [3.8, 4) is 0 Å². The van der Waals surface area contributed by atoms with Gasteiger partial charge in [-0.25, -0.2) is 4.39 Å². The van der Waals surface area contributed by atoms with Gasteiger partial charge in [-0.2, -0.15) is 0 Å². The fraction of sp³-hybridized carbons (Fsp3) is 0.278. The third kappa shape index (κ3) is 5.26. The molecule has 0 N–H and O–H groups in total. The van der Waals surface area contributed by atoms with E-state index in [1.807, 2.05) is 31.2 Å². The molecule has 5 heteroatoms. The first-order valence-electron chi connectivity index (χ1n) is 7.27. The molecular weight excluding hydrogens is 333 g/mol. The Kier molecular flexibility index (Phi) is 6.48. The maximum absolute atomic E-state index is 13.7. The van der Waals surface area contributed by atoms with Crippen LogP contribution in [0, 0.1) is 12.7 Å². The van der Waals surface area contributed by atoms with Crippen molar-refractivity contribution in [2.75, 3.05) is 12.8 Å². The summed E-state index contributed by atoms with van der Waals surface area (Å²) in [4.78, 5) is 13.8. The predicted molar refractivity (Wildman–Crippen MR) is 95.2 cm³/mol. The van der Waals surface area contributed by atoms with Crippen LogP contribution in [0.2, 0.25) is 5.02 Å². The number of aryl methyl sites for hydroxylation is 1. The summed E-state index contributed by atoms with van der Waals surface area (Å²) in [6.45, 7) is 2.60. The number of nitrogens with zero attached hydrogens (tertiary/aromatic N) is 1. The average molecular weight is 352 g/mol. The molecule has 1 amide bonds. The molecule has 0 bridgehead atoms. The summed E-state index contributed by atoms with van der Waals surface area (Å²) in [5, 5.41) is 0.401. The van der Waals surface area contributed by atoms with Gasteiger partial charge in [-0.1, -0.05) is 47.5 Å². The summed E-state index contributed by atoms with van der Waals surface area (Å²) in [6, 6.07) is 12.7. The fourth-order valence-corrected chi connectivity index (χ4v) is 3.38. The zero-order valence-electron chi connectivity index (χ0n) is 13.2. The molecule has 0 heterocycles. The van der Waals surface area contributed by atoms with Crippen molar-refractivity contribution in [1.29, 1.82) is 0 Å². The SMILES string of the molecule is Cc1ccc(CN(C)C(=O)CSCc2c(F)cccc2Cl)cc1. The van der Waals surface area contributed by atoms with E-state index in [1.54, 1.807) is 24.1 Å². The van der Waals surface area contributed by atoms with Crippen LogP contribution in [0.25, 0.3) is 0 Å². The van der Waals surface area contributed by atoms with Crippen molar-refractivity contribution in [1.82, 2.24) is 4.90 Å². The molecule has 0 radical (unpaired) electrons. The molecule has 0 atom stereocenters. The summed E-state index contributed by atoms with van der Waals surface area (Å²) in [5.41, 5.74) is 2.74. The number of halogens is 2. The Labute approximate surface area is 145 Å². The highest BCUT2D eigenvalue weighted by molar-refractivity contribution is 7.99. The van der Waals surface area contributed by atoms with Gasteiger partial charge in [-0.05, 0) is 24.6 Å². The number of benzene rings is 2. The van der Waals surface area contributed by atoms with Crippen LogP contribution in [0.5, 0.6) is 0 Å². The minimum atomic E-state index is -0.328. The first-order chi connectivity index (χ1) is 11.0. The fourth-order valence-electron chi connectivity index (χ4n) is 2.08. The van der Waals surface area contributed by atoms with Crippen molar-refractivity contribution in [3.63, 3.8) is 0 Å². The largest absolute Gasteiger partial charge is 0.341 e.